The van der Waals surface area contributed by atoms with Crippen LogP contribution in [0.5, 0.6) is 0 Å². The lowest BCUT2D eigenvalue weighted by atomic mass is 9.87. The summed E-state index contributed by atoms with van der Waals surface area (Å²) < 4.78 is 62.2. The fraction of sp³-hybridized carbons (Fsp3) is 0.568. The van der Waals surface area contributed by atoms with Gasteiger partial charge in [-0.3, -0.25) is 19.2 Å². The number of nitrogens with zero attached hydrogens (tertiary/aromatic N) is 4. The number of carbonyl (C=O) groups excluding carboxylic acids is 4. The van der Waals surface area contributed by atoms with E-state index in [9.17, 15) is 28.0 Å². The summed E-state index contributed by atoms with van der Waals surface area (Å²) in [6, 6.07) is 5.77. The van der Waals surface area contributed by atoms with E-state index in [2.05, 4.69) is 15.6 Å². The molecule has 59 heavy (non-hydrogen) atoms. The van der Waals surface area contributed by atoms with Crippen LogP contribution in [0, 0.1) is 29.4 Å². The van der Waals surface area contributed by atoms with Gasteiger partial charge in [-0.05, 0) is 75.0 Å². The van der Waals surface area contributed by atoms with Crippen molar-refractivity contribution >= 4 is 45.4 Å². The van der Waals surface area contributed by atoms with Gasteiger partial charge in [-0.25, -0.2) is 22.5 Å². The maximum absolute atomic E-state index is 15.5. The first-order valence-corrected chi connectivity index (χ1v) is 20.9. The van der Waals surface area contributed by atoms with Gasteiger partial charge in [-0.15, -0.1) is 0 Å². The number of likely N-dealkylation sites (tertiary alicyclic amines) is 2. The molecule has 2 fully saturated rings. The number of benzene rings is 2. The van der Waals surface area contributed by atoms with Gasteiger partial charge in [0.05, 0.1) is 41.9 Å². The molecular formula is C44H57F4N7O4. The van der Waals surface area contributed by atoms with Crippen LogP contribution in [-0.4, -0.2) is 104 Å². The summed E-state index contributed by atoms with van der Waals surface area (Å²) in [7, 11) is 1.67. The first kappa shape index (κ1) is 43.8. The Morgan fingerprint density at radius 3 is 2.17 bits per heavy atom. The highest BCUT2D eigenvalue weighted by Crippen LogP contribution is 2.38. The number of nitrogens with one attached hydrogen (secondary N) is 3. The molecule has 0 spiro atoms. The molecule has 0 radical (unpaired) electrons. The molecule has 0 bridgehead atoms. The summed E-state index contributed by atoms with van der Waals surface area (Å²) in [5, 5.41) is 6.39. The standard InChI is InChI=1S/C44H57F4N7O4/c1-8-24(5)42(57)52-35(9-2)44(59)54-21-29(48)15-31(54)22-55-38-13-11-27(46)17-37(38)51-41(55)40-34(32-12-10-26(45)16-36(32)50-40)18-30-14-28(47)20-53(30)43(58)33(23(3)4)19-39(56)25(6)49-7/h10-13,16-17,23-25,28-31,33,35,49-50H,8-9,14-15,18-22H2,1-7H3,(H,52,57). The monoisotopic (exact) mass is 823 g/mol. The predicted octanol–water partition coefficient (Wildman–Crippen LogP) is 6.66. The molecule has 2 aliphatic rings. The molecule has 4 aromatic rings. The second kappa shape index (κ2) is 18.2. The third kappa shape index (κ3) is 9.19. The van der Waals surface area contributed by atoms with Gasteiger partial charge >= 0.3 is 0 Å². The zero-order valence-electron chi connectivity index (χ0n) is 35.0. The fourth-order valence-electron chi connectivity index (χ4n) is 8.59. The quantitative estimate of drug-likeness (QED) is 0.108. The molecule has 2 aliphatic heterocycles. The first-order valence-electron chi connectivity index (χ1n) is 20.9. The summed E-state index contributed by atoms with van der Waals surface area (Å²) >= 11 is 0. The second-order valence-electron chi connectivity index (χ2n) is 16.8. The summed E-state index contributed by atoms with van der Waals surface area (Å²) in [4.78, 5) is 65.3. The number of likely N-dealkylation sites (N-methyl/N-ethyl adjacent to an activating group) is 1. The Morgan fingerprint density at radius 1 is 0.881 bits per heavy atom. The number of hydrogen-bond donors (Lipinski definition) is 3. The number of Topliss-reactive ketones (excluding diaryl/α,β-unsaturated/α-hetero) is 1. The Kier molecular flexibility index (Phi) is 13.5. The number of amides is 3. The lowest BCUT2D eigenvalue weighted by molar-refractivity contribution is -0.140. The van der Waals surface area contributed by atoms with E-state index in [0.29, 0.717) is 46.3 Å². The minimum atomic E-state index is -1.33. The van der Waals surface area contributed by atoms with Crippen LogP contribution in [0.4, 0.5) is 17.6 Å². The summed E-state index contributed by atoms with van der Waals surface area (Å²) in [5.74, 6) is -3.00. The number of aromatic nitrogens is 3. The van der Waals surface area contributed by atoms with Crippen molar-refractivity contribution in [3.05, 3.63) is 53.6 Å². The lowest BCUT2D eigenvalue weighted by Crippen LogP contribution is -2.51. The van der Waals surface area contributed by atoms with E-state index >= 15 is 8.78 Å². The molecule has 15 heteroatoms. The molecule has 8 unspecified atom stereocenters. The molecule has 2 saturated heterocycles. The van der Waals surface area contributed by atoms with Crippen molar-refractivity contribution in [1.29, 1.82) is 0 Å². The Labute approximate surface area is 342 Å². The smallest absolute Gasteiger partial charge is 0.245 e. The lowest BCUT2D eigenvalue weighted by Gasteiger charge is -2.31. The fourth-order valence-corrected chi connectivity index (χ4v) is 8.59. The van der Waals surface area contributed by atoms with E-state index < -0.39 is 60.0 Å². The molecule has 4 heterocycles. The zero-order valence-corrected chi connectivity index (χ0v) is 35.0. The molecule has 2 aromatic heterocycles. The van der Waals surface area contributed by atoms with E-state index in [-0.39, 0.29) is 80.3 Å². The third-order valence-electron chi connectivity index (χ3n) is 12.5. The first-order chi connectivity index (χ1) is 28.0. The number of rotatable bonds is 16. The molecule has 2 aromatic carbocycles. The van der Waals surface area contributed by atoms with E-state index in [1.165, 1.54) is 34.1 Å². The molecule has 0 aliphatic carbocycles. The van der Waals surface area contributed by atoms with Gasteiger partial charge in [0.1, 0.15) is 35.8 Å². The van der Waals surface area contributed by atoms with Gasteiger partial charge in [-0.2, -0.15) is 0 Å². The maximum atomic E-state index is 15.5. The average Bonchev–Trinajstić information content (AvgIpc) is 3.96. The van der Waals surface area contributed by atoms with Gasteiger partial charge in [0, 0.05) is 60.7 Å². The van der Waals surface area contributed by atoms with Crippen molar-refractivity contribution in [2.75, 3.05) is 20.1 Å². The number of carbonyl (C=O) groups is 4. The Balaban J connectivity index is 1.40. The second-order valence-corrected chi connectivity index (χ2v) is 16.8. The average molecular weight is 824 g/mol. The van der Waals surface area contributed by atoms with Crippen LogP contribution >= 0.6 is 0 Å². The highest BCUT2D eigenvalue weighted by Gasteiger charge is 2.42. The summed E-state index contributed by atoms with van der Waals surface area (Å²) in [5.41, 5.74) is 2.26. The molecular weight excluding hydrogens is 767 g/mol. The molecule has 320 valence electrons. The number of alkyl halides is 2. The van der Waals surface area contributed by atoms with Crippen LogP contribution in [-0.2, 0) is 32.1 Å². The van der Waals surface area contributed by atoms with Crippen LogP contribution in [0.2, 0.25) is 0 Å². The Morgan fingerprint density at radius 2 is 1.53 bits per heavy atom. The number of hydrogen-bond acceptors (Lipinski definition) is 6. The van der Waals surface area contributed by atoms with Gasteiger partial charge in [0.2, 0.25) is 17.7 Å². The summed E-state index contributed by atoms with van der Waals surface area (Å²) in [6.07, 6.45) is -1.56. The minimum absolute atomic E-state index is 0.000531. The highest BCUT2D eigenvalue weighted by atomic mass is 19.1. The topological polar surface area (TPSA) is 132 Å². The predicted molar refractivity (Wildman–Crippen MR) is 219 cm³/mol. The van der Waals surface area contributed by atoms with Crippen molar-refractivity contribution in [3.63, 3.8) is 0 Å². The van der Waals surface area contributed by atoms with Crippen LogP contribution < -0.4 is 10.6 Å². The van der Waals surface area contributed by atoms with Gasteiger partial charge < -0.3 is 30.0 Å². The van der Waals surface area contributed by atoms with Crippen molar-refractivity contribution in [3.8, 4) is 11.5 Å². The summed E-state index contributed by atoms with van der Waals surface area (Å²) in [6.45, 7) is 10.7. The van der Waals surface area contributed by atoms with E-state index in [4.69, 9.17) is 4.98 Å². The van der Waals surface area contributed by atoms with Crippen molar-refractivity contribution < 1.29 is 36.7 Å². The number of ketones is 1. The molecule has 6 rings (SSSR count). The Bertz CT molecular complexity index is 2190. The third-order valence-corrected chi connectivity index (χ3v) is 12.5. The highest BCUT2D eigenvalue weighted by molar-refractivity contribution is 5.93. The number of aromatic amines is 1. The Hall–Kier alpha value is -4.79. The maximum Gasteiger partial charge on any atom is 0.245 e. The minimum Gasteiger partial charge on any atom is -0.352 e. The van der Waals surface area contributed by atoms with Crippen molar-refractivity contribution in [2.24, 2.45) is 17.8 Å². The van der Waals surface area contributed by atoms with Crippen LogP contribution in [0.3, 0.4) is 0 Å². The zero-order chi connectivity index (χ0) is 42.9. The molecule has 3 N–H and O–H groups in total. The van der Waals surface area contributed by atoms with E-state index in [0.717, 1.165) is 0 Å². The number of imidazole rings is 1. The number of halogens is 4. The molecule has 0 saturated carbocycles. The molecule has 3 amide bonds. The SMILES string of the molecule is CCC(C)C(=O)NC(CC)C(=O)N1CC(F)CC1Cn1c(-c2[nH]c3cc(F)ccc3c2CC2CC(F)CN2C(=O)C(CC(=O)C(C)NC)C(C)C)nc2cc(F)ccc21. The normalized spacial score (nSPS) is 21.7. The van der Waals surface area contributed by atoms with Gasteiger partial charge in [0.15, 0.2) is 5.82 Å². The van der Waals surface area contributed by atoms with Crippen LogP contribution in [0.1, 0.15) is 79.2 Å². The van der Waals surface area contributed by atoms with Crippen LogP contribution in [0.15, 0.2) is 36.4 Å². The van der Waals surface area contributed by atoms with Gasteiger partial charge in [-0.1, -0.05) is 34.6 Å². The van der Waals surface area contributed by atoms with E-state index in [1.54, 1.807) is 44.5 Å². The largest absolute Gasteiger partial charge is 0.352 e. The van der Waals surface area contributed by atoms with Crippen molar-refractivity contribution in [2.45, 2.75) is 123 Å². The van der Waals surface area contributed by atoms with Crippen LogP contribution in [0.25, 0.3) is 33.5 Å². The van der Waals surface area contributed by atoms with Gasteiger partial charge in [0.25, 0.3) is 0 Å². The number of H-pyrrole nitrogens is 1. The number of fused-ring (bicyclic) bond motifs is 2. The molecule has 8 atom stereocenters. The van der Waals surface area contributed by atoms with Crippen molar-refractivity contribution in [1.82, 2.24) is 35.0 Å². The molecule has 11 nitrogen and oxygen atoms in total. The van der Waals surface area contributed by atoms with E-state index in [1.807, 2.05) is 20.8 Å².